The van der Waals surface area contributed by atoms with Gasteiger partial charge in [-0.25, -0.2) is 8.42 Å². The van der Waals surface area contributed by atoms with E-state index in [1.807, 2.05) is 19.1 Å². The first-order valence-electron chi connectivity index (χ1n) is 10.1. The van der Waals surface area contributed by atoms with Crippen molar-refractivity contribution < 1.29 is 22.7 Å². The lowest BCUT2D eigenvalue weighted by Crippen LogP contribution is -2.45. The van der Waals surface area contributed by atoms with Crippen LogP contribution >= 0.6 is 0 Å². The van der Waals surface area contributed by atoms with Gasteiger partial charge in [-0.3, -0.25) is 4.79 Å². The molecule has 0 saturated carbocycles. The molecule has 0 spiro atoms. The van der Waals surface area contributed by atoms with Crippen LogP contribution in [0.4, 0.5) is 0 Å². The number of rotatable bonds is 8. The highest BCUT2D eigenvalue weighted by Crippen LogP contribution is 2.28. The molecule has 3 rings (SSSR count). The molecule has 0 aliphatic carbocycles. The average molecular weight is 433 g/mol. The van der Waals surface area contributed by atoms with Gasteiger partial charge in [0.25, 0.3) is 0 Å². The minimum Gasteiger partial charge on any atom is -0.493 e. The standard InChI is InChI=1S/C22H28N2O5S/c1-3-29-21-14-17(11-12-20(21)28-2)15-23-22(25)18-8-7-13-24(16-18)30(26,27)19-9-5-4-6-10-19/h4-6,9-12,14,18H,3,7-8,13,15-16H2,1-2H3,(H,23,25). The van der Waals surface area contributed by atoms with Gasteiger partial charge in [0, 0.05) is 19.6 Å². The quantitative estimate of drug-likeness (QED) is 0.693. The van der Waals surface area contributed by atoms with E-state index in [9.17, 15) is 13.2 Å². The van der Waals surface area contributed by atoms with Crippen molar-refractivity contribution in [2.75, 3.05) is 26.8 Å². The Kier molecular flexibility index (Phi) is 7.33. The van der Waals surface area contributed by atoms with Gasteiger partial charge >= 0.3 is 0 Å². The van der Waals surface area contributed by atoms with Gasteiger partial charge in [0.1, 0.15) is 0 Å². The predicted octanol–water partition coefficient (Wildman–Crippen LogP) is 2.81. The van der Waals surface area contributed by atoms with Crippen molar-refractivity contribution in [2.45, 2.75) is 31.2 Å². The lowest BCUT2D eigenvalue weighted by atomic mass is 9.98. The van der Waals surface area contributed by atoms with Gasteiger partial charge in [-0.1, -0.05) is 24.3 Å². The molecule has 1 aliphatic rings. The zero-order valence-electron chi connectivity index (χ0n) is 17.3. The van der Waals surface area contributed by atoms with Gasteiger partial charge in [0.15, 0.2) is 11.5 Å². The first-order chi connectivity index (χ1) is 14.5. The summed E-state index contributed by atoms with van der Waals surface area (Å²) in [5.41, 5.74) is 0.886. The Morgan fingerprint density at radius 3 is 2.63 bits per heavy atom. The van der Waals surface area contributed by atoms with Crippen molar-refractivity contribution in [2.24, 2.45) is 5.92 Å². The monoisotopic (exact) mass is 432 g/mol. The van der Waals surface area contributed by atoms with E-state index < -0.39 is 10.0 Å². The average Bonchev–Trinajstić information content (AvgIpc) is 2.78. The highest BCUT2D eigenvalue weighted by atomic mass is 32.2. The van der Waals surface area contributed by atoms with Crippen LogP contribution in [0, 0.1) is 5.92 Å². The summed E-state index contributed by atoms with van der Waals surface area (Å²) in [7, 11) is -2.01. The van der Waals surface area contributed by atoms with Crippen molar-refractivity contribution in [3.63, 3.8) is 0 Å². The SMILES string of the molecule is CCOc1cc(CNC(=O)C2CCCN(S(=O)(=O)c3ccccc3)C2)ccc1OC. The van der Waals surface area contributed by atoms with E-state index >= 15 is 0 Å². The number of methoxy groups -OCH3 is 1. The molecule has 7 nitrogen and oxygen atoms in total. The Hall–Kier alpha value is -2.58. The third-order valence-electron chi connectivity index (χ3n) is 5.13. The van der Waals surface area contributed by atoms with Crippen LogP contribution in [0.15, 0.2) is 53.4 Å². The lowest BCUT2D eigenvalue weighted by molar-refractivity contribution is -0.126. The second-order valence-electron chi connectivity index (χ2n) is 7.15. The topological polar surface area (TPSA) is 84.9 Å². The Labute approximate surface area is 178 Å². The van der Waals surface area contributed by atoms with Gasteiger partial charge in [-0.15, -0.1) is 0 Å². The van der Waals surface area contributed by atoms with Crippen molar-refractivity contribution in [1.29, 1.82) is 0 Å². The van der Waals surface area contributed by atoms with E-state index in [0.717, 1.165) is 5.56 Å². The van der Waals surface area contributed by atoms with Gasteiger partial charge < -0.3 is 14.8 Å². The molecule has 0 radical (unpaired) electrons. The van der Waals surface area contributed by atoms with E-state index in [1.165, 1.54) is 4.31 Å². The molecule has 1 heterocycles. The van der Waals surface area contributed by atoms with Crippen LogP contribution in [0.2, 0.25) is 0 Å². The fraction of sp³-hybridized carbons (Fsp3) is 0.409. The molecule has 1 unspecified atom stereocenters. The van der Waals surface area contributed by atoms with Crippen LogP contribution in [-0.4, -0.2) is 45.4 Å². The number of ether oxygens (including phenoxy) is 2. The smallest absolute Gasteiger partial charge is 0.243 e. The molecule has 1 fully saturated rings. The van der Waals surface area contributed by atoms with Gasteiger partial charge in [-0.05, 0) is 49.6 Å². The second kappa shape index (κ2) is 9.95. The lowest BCUT2D eigenvalue weighted by Gasteiger charge is -2.31. The maximum Gasteiger partial charge on any atom is 0.243 e. The van der Waals surface area contributed by atoms with Crippen LogP contribution < -0.4 is 14.8 Å². The number of piperidine rings is 1. The maximum atomic E-state index is 12.9. The summed E-state index contributed by atoms with van der Waals surface area (Å²) in [6, 6.07) is 13.9. The third-order valence-corrected chi connectivity index (χ3v) is 7.01. The number of hydrogen-bond acceptors (Lipinski definition) is 5. The summed E-state index contributed by atoms with van der Waals surface area (Å²) >= 11 is 0. The molecule has 2 aromatic rings. The van der Waals surface area contributed by atoms with Crippen molar-refractivity contribution >= 4 is 15.9 Å². The van der Waals surface area contributed by atoms with Crippen LogP contribution in [-0.2, 0) is 21.4 Å². The summed E-state index contributed by atoms with van der Waals surface area (Å²) in [5.74, 6) is 0.754. The highest BCUT2D eigenvalue weighted by molar-refractivity contribution is 7.89. The van der Waals surface area contributed by atoms with E-state index in [-0.39, 0.29) is 23.3 Å². The minimum atomic E-state index is -3.59. The molecule has 1 N–H and O–H groups in total. The highest BCUT2D eigenvalue weighted by Gasteiger charge is 2.33. The maximum absolute atomic E-state index is 12.9. The van der Waals surface area contributed by atoms with Crippen LogP contribution in [0.1, 0.15) is 25.3 Å². The molecule has 1 aliphatic heterocycles. The molecule has 162 valence electrons. The summed E-state index contributed by atoms with van der Waals surface area (Å²) in [5, 5.41) is 2.93. The number of hydrogen-bond donors (Lipinski definition) is 1. The number of carbonyl (C=O) groups is 1. The number of sulfonamides is 1. The fourth-order valence-electron chi connectivity index (χ4n) is 3.55. The molecular weight excluding hydrogens is 404 g/mol. The second-order valence-corrected chi connectivity index (χ2v) is 9.09. The molecule has 1 saturated heterocycles. The van der Waals surface area contributed by atoms with Gasteiger partial charge in [0.2, 0.25) is 15.9 Å². The Morgan fingerprint density at radius 1 is 1.17 bits per heavy atom. The van der Waals surface area contributed by atoms with E-state index in [4.69, 9.17) is 9.47 Å². The summed E-state index contributed by atoms with van der Waals surface area (Å²) in [4.78, 5) is 13.0. The first-order valence-corrected chi connectivity index (χ1v) is 11.5. The number of amides is 1. The zero-order chi connectivity index (χ0) is 21.6. The Morgan fingerprint density at radius 2 is 1.93 bits per heavy atom. The molecule has 30 heavy (non-hydrogen) atoms. The molecule has 2 aromatic carbocycles. The summed E-state index contributed by atoms with van der Waals surface area (Å²) in [6.45, 7) is 3.37. The Balaban J connectivity index is 1.63. The van der Waals surface area contributed by atoms with Gasteiger partial charge in [0.05, 0.1) is 24.5 Å². The number of benzene rings is 2. The van der Waals surface area contributed by atoms with Crippen molar-refractivity contribution in [3.05, 3.63) is 54.1 Å². The summed E-state index contributed by atoms with van der Waals surface area (Å²) < 4.78 is 38.0. The molecular formula is C22H28N2O5S. The fourth-order valence-corrected chi connectivity index (χ4v) is 5.09. The van der Waals surface area contributed by atoms with E-state index in [2.05, 4.69) is 5.32 Å². The normalized spacial score (nSPS) is 17.3. The Bertz CT molecular complexity index is 963. The molecule has 8 heteroatoms. The molecule has 1 atom stereocenters. The molecule has 0 bridgehead atoms. The van der Waals surface area contributed by atoms with Crippen molar-refractivity contribution in [3.8, 4) is 11.5 Å². The number of nitrogens with zero attached hydrogens (tertiary/aromatic N) is 1. The molecule has 1 amide bonds. The van der Waals surface area contributed by atoms with Crippen molar-refractivity contribution in [1.82, 2.24) is 9.62 Å². The number of nitrogens with one attached hydrogen (secondary N) is 1. The van der Waals surface area contributed by atoms with E-state index in [1.54, 1.807) is 43.5 Å². The van der Waals surface area contributed by atoms with Gasteiger partial charge in [-0.2, -0.15) is 4.31 Å². The predicted molar refractivity (Wildman–Crippen MR) is 114 cm³/mol. The van der Waals surface area contributed by atoms with Crippen LogP contribution in [0.25, 0.3) is 0 Å². The van der Waals surface area contributed by atoms with Crippen LogP contribution in [0.3, 0.4) is 0 Å². The van der Waals surface area contributed by atoms with E-state index in [0.29, 0.717) is 44.0 Å². The number of carbonyl (C=O) groups excluding carboxylic acids is 1. The summed E-state index contributed by atoms with van der Waals surface area (Å²) in [6.07, 6.45) is 1.32. The van der Waals surface area contributed by atoms with Crippen LogP contribution in [0.5, 0.6) is 11.5 Å². The largest absolute Gasteiger partial charge is 0.493 e. The minimum absolute atomic E-state index is 0.142. The third kappa shape index (κ3) is 5.12. The molecule has 0 aromatic heterocycles. The zero-order valence-corrected chi connectivity index (χ0v) is 18.2. The first kappa shape index (κ1) is 22.1.